The molecule has 2 fully saturated rings. The van der Waals surface area contributed by atoms with Crippen molar-refractivity contribution in [1.29, 1.82) is 0 Å². The summed E-state index contributed by atoms with van der Waals surface area (Å²) in [7, 11) is 0. The third-order valence-corrected chi connectivity index (χ3v) is 5.99. The van der Waals surface area contributed by atoms with Gasteiger partial charge in [0, 0.05) is 36.4 Å². The van der Waals surface area contributed by atoms with Crippen molar-refractivity contribution in [3.05, 3.63) is 24.2 Å². The predicted molar refractivity (Wildman–Crippen MR) is 101 cm³/mol. The van der Waals surface area contributed by atoms with Crippen LogP contribution in [-0.2, 0) is 6.54 Å². The summed E-state index contributed by atoms with van der Waals surface area (Å²) in [6, 6.07) is 4.11. The number of thioether (sulfide) groups is 1. The van der Waals surface area contributed by atoms with Crippen LogP contribution >= 0.6 is 11.8 Å². The van der Waals surface area contributed by atoms with Gasteiger partial charge in [-0.1, -0.05) is 12.1 Å². The van der Waals surface area contributed by atoms with Crippen LogP contribution in [0.25, 0.3) is 11.4 Å². The molecule has 134 valence electrons. The van der Waals surface area contributed by atoms with Crippen molar-refractivity contribution in [2.75, 3.05) is 42.6 Å². The van der Waals surface area contributed by atoms with Crippen LogP contribution in [0.1, 0.15) is 25.7 Å². The fourth-order valence-corrected chi connectivity index (χ4v) is 4.25. The Hall–Kier alpha value is -1.60. The zero-order valence-electron chi connectivity index (χ0n) is 14.7. The molecule has 0 bridgehead atoms. The quantitative estimate of drug-likeness (QED) is 0.832. The average Bonchev–Trinajstić information content (AvgIpc) is 3.13. The Bertz CT molecular complexity index is 675. The molecule has 4 rings (SSSR count). The highest BCUT2D eigenvalue weighted by Crippen LogP contribution is 2.22. The minimum absolute atomic E-state index is 0.633. The monoisotopic (exact) mass is 359 g/mol. The van der Waals surface area contributed by atoms with Crippen molar-refractivity contribution < 1.29 is 4.52 Å². The lowest BCUT2D eigenvalue weighted by Gasteiger charge is -2.28. The van der Waals surface area contributed by atoms with Crippen molar-refractivity contribution in [1.82, 2.24) is 20.0 Å². The summed E-state index contributed by atoms with van der Waals surface area (Å²) < 4.78 is 5.45. The van der Waals surface area contributed by atoms with Crippen LogP contribution in [0.3, 0.4) is 0 Å². The van der Waals surface area contributed by atoms with Gasteiger partial charge < -0.3 is 9.42 Å². The van der Waals surface area contributed by atoms with Crippen molar-refractivity contribution in [3.63, 3.8) is 0 Å². The maximum atomic E-state index is 5.45. The molecule has 0 radical (unpaired) electrons. The van der Waals surface area contributed by atoms with Crippen molar-refractivity contribution >= 4 is 17.6 Å². The molecule has 0 aliphatic carbocycles. The first-order valence-corrected chi connectivity index (χ1v) is 10.3. The molecule has 25 heavy (non-hydrogen) atoms. The van der Waals surface area contributed by atoms with Crippen LogP contribution in [-0.4, -0.2) is 57.7 Å². The number of likely N-dealkylation sites (tertiary alicyclic amines) is 1. The van der Waals surface area contributed by atoms with Crippen LogP contribution in [0.4, 0.5) is 5.82 Å². The van der Waals surface area contributed by atoms with Gasteiger partial charge in [0.05, 0.1) is 6.54 Å². The summed E-state index contributed by atoms with van der Waals surface area (Å²) in [5, 5.41) is 4.14. The Balaban J connectivity index is 1.39. The molecule has 6 nitrogen and oxygen atoms in total. The van der Waals surface area contributed by atoms with E-state index >= 15 is 0 Å². The third-order valence-electron chi connectivity index (χ3n) is 5.04. The van der Waals surface area contributed by atoms with Gasteiger partial charge in [-0.25, -0.2) is 4.98 Å². The van der Waals surface area contributed by atoms with Crippen molar-refractivity contribution in [2.45, 2.75) is 26.3 Å². The molecule has 0 spiro atoms. The van der Waals surface area contributed by atoms with E-state index in [1.165, 1.54) is 24.3 Å². The van der Waals surface area contributed by atoms with E-state index < -0.39 is 0 Å². The number of piperidine rings is 1. The molecule has 4 heterocycles. The van der Waals surface area contributed by atoms with Gasteiger partial charge in [0.2, 0.25) is 11.7 Å². The number of anilines is 1. The highest BCUT2D eigenvalue weighted by Gasteiger charge is 2.19. The normalized spacial score (nSPS) is 20.1. The second-order valence-corrected chi connectivity index (χ2v) is 8.20. The SMILES string of the molecule is CC1CCN(Cc2nc(-c3ccc(N4CCSCC4)nc3)no2)CC1. The Labute approximate surface area is 153 Å². The molecule has 2 aromatic heterocycles. The topological polar surface area (TPSA) is 58.3 Å². The first kappa shape index (κ1) is 16.8. The van der Waals surface area contributed by atoms with Gasteiger partial charge in [0.15, 0.2) is 0 Å². The molecule has 0 aromatic carbocycles. The van der Waals surface area contributed by atoms with Crippen LogP contribution in [0, 0.1) is 5.92 Å². The first-order valence-electron chi connectivity index (χ1n) is 9.12. The third kappa shape index (κ3) is 4.15. The molecule has 2 aliphatic rings. The van der Waals surface area contributed by atoms with Gasteiger partial charge in [0.1, 0.15) is 5.82 Å². The molecule has 0 N–H and O–H groups in total. The van der Waals surface area contributed by atoms with Gasteiger partial charge in [-0.05, 0) is 44.0 Å². The maximum Gasteiger partial charge on any atom is 0.241 e. The van der Waals surface area contributed by atoms with Gasteiger partial charge in [-0.3, -0.25) is 4.90 Å². The number of rotatable bonds is 4. The van der Waals surface area contributed by atoms with E-state index in [2.05, 4.69) is 37.9 Å². The Kier molecular flexibility index (Phi) is 5.22. The van der Waals surface area contributed by atoms with E-state index in [9.17, 15) is 0 Å². The lowest BCUT2D eigenvalue weighted by atomic mass is 9.99. The van der Waals surface area contributed by atoms with E-state index in [1.54, 1.807) is 0 Å². The molecule has 0 saturated carbocycles. The van der Waals surface area contributed by atoms with Crippen molar-refractivity contribution in [3.8, 4) is 11.4 Å². The first-order chi connectivity index (χ1) is 12.3. The summed E-state index contributed by atoms with van der Waals surface area (Å²) in [6.07, 6.45) is 4.36. The van der Waals surface area contributed by atoms with E-state index in [0.717, 1.165) is 50.0 Å². The summed E-state index contributed by atoms with van der Waals surface area (Å²) in [4.78, 5) is 13.9. The number of nitrogens with zero attached hydrogens (tertiary/aromatic N) is 5. The lowest BCUT2D eigenvalue weighted by Crippen LogP contribution is -2.32. The molecular formula is C18H25N5OS. The zero-order chi connectivity index (χ0) is 17.1. The van der Waals surface area contributed by atoms with E-state index in [0.29, 0.717) is 11.7 Å². The summed E-state index contributed by atoms with van der Waals surface area (Å²) in [6.45, 7) is 7.43. The van der Waals surface area contributed by atoms with Crippen LogP contribution in [0.15, 0.2) is 22.9 Å². The molecule has 2 aliphatic heterocycles. The number of aromatic nitrogens is 3. The molecule has 7 heteroatoms. The summed E-state index contributed by atoms with van der Waals surface area (Å²) in [5.41, 5.74) is 0.914. The van der Waals surface area contributed by atoms with Crippen LogP contribution in [0.5, 0.6) is 0 Å². The zero-order valence-corrected chi connectivity index (χ0v) is 15.5. The lowest BCUT2D eigenvalue weighted by molar-refractivity contribution is 0.165. The van der Waals surface area contributed by atoms with Crippen LogP contribution in [0.2, 0.25) is 0 Å². The Morgan fingerprint density at radius 3 is 2.68 bits per heavy atom. The van der Waals surface area contributed by atoms with Gasteiger partial charge in [0.25, 0.3) is 0 Å². The second-order valence-electron chi connectivity index (χ2n) is 6.97. The highest BCUT2D eigenvalue weighted by molar-refractivity contribution is 7.99. The van der Waals surface area contributed by atoms with Crippen molar-refractivity contribution in [2.24, 2.45) is 5.92 Å². The van der Waals surface area contributed by atoms with Crippen LogP contribution < -0.4 is 4.90 Å². The maximum absolute atomic E-state index is 5.45. The Morgan fingerprint density at radius 2 is 1.96 bits per heavy atom. The number of pyridine rings is 1. The smallest absolute Gasteiger partial charge is 0.241 e. The minimum atomic E-state index is 0.633. The van der Waals surface area contributed by atoms with Gasteiger partial charge >= 0.3 is 0 Å². The standard InChI is InChI=1S/C18H25N5OS/c1-14-4-6-22(7-5-14)13-17-20-18(21-24-17)15-2-3-16(19-12-15)23-8-10-25-11-9-23/h2-3,12,14H,4-11,13H2,1H3. The molecule has 2 saturated heterocycles. The van der Waals surface area contributed by atoms with E-state index in [4.69, 9.17) is 4.52 Å². The summed E-state index contributed by atoms with van der Waals surface area (Å²) in [5.74, 6) is 5.54. The fraction of sp³-hybridized carbons (Fsp3) is 0.611. The van der Waals surface area contributed by atoms with E-state index in [-0.39, 0.29) is 0 Å². The molecule has 0 amide bonds. The number of hydrogen-bond acceptors (Lipinski definition) is 7. The largest absolute Gasteiger partial charge is 0.355 e. The molecular weight excluding hydrogens is 334 g/mol. The Morgan fingerprint density at radius 1 is 1.16 bits per heavy atom. The summed E-state index contributed by atoms with van der Waals surface area (Å²) >= 11 is 2.00. The molecule has 0 unspecified atom stereocenters. The van der Waals surface area contributed by atoms with E-state index in [1.807, 2.05) is 24.0 Å². The number of hydrogen-bond donors (Lipinski definition) is 0. The highest BCUT2D eigenvalue weighted by atomic mass is 32.2. The molecule has 2 aromatic rings. The molecule has 0 atom stereocenters. The average molecular weight is 359 g/mol. The second kappa shape index (κ2) is 7.74. The van der Waals surface area contributed by atoms with Gasteiger partial charge in [-0.15, -0.1) is 0 Å². The minimum Gasteiger partial charge on any atom is -0.355 e. The predicted octanol–water partition coefficient (Wildman–Crippen LogP) is 2.92. The van der Waals surface area contributed by atoms with Gasteiger partial charge in [-0.2, -0.15) is 16.7 Å². The fourth-order valence-electron chi connectivity index (χ4n) is 3.35.